The number of fused-ring (bicyclic) bond motifs is 12. The second-order valence-corrected chi connectivity index (χ2v) is 30.1. The SMILES string of the molecule is CC(C)N1CCn2c(nc3cc(-n4ccc(OCc5ccccc5)cc4=O)ccc32)C1.O=c1cc(-c2ccc(C(F)(F)F)cc2)ccn1-c1ccc2c(c1)nc1n2CCCC1.O=c1cc(OCc2ccc(F)cn2)ccn1-c1ccc2c(c1)nc1n2CCCC1.O=c1cc(OCc2ccccc2)ccn1-c1ccc2c(c1)nc1n2CCCC1. The minimum Gasteiger partial charge on any atom is -0.489 e. The van der Waals surface area contributed by atoms with Crippen molar-refractivity contribution in [1.82, 2.24) is 66.4 Å². The fourth-order valence-electron chi connectivity index (χ4n) is 15.7. The lowest BCUT2D eigenvalue weighted by Crippen LogP contribution is -2.38. The number of pyridine rings is 5. The van der Waals surface area contributed by atoms with Crippen LogP contribution in [0.2, 0.25) is 0 Å². The van der Waals surface area contributed by atoms with Crippen molar-refractivity contribution in [3.8, 4) is 51.1 Å². The van der Waals surface area contributed by atoms with E-state index in [0.29, 0.717) is 59.0 Å². The molecule has 596 valence electrons. The lowest BCUT2D eigenvalue weighted by molar-refractivity contribution is -0.137. The maximum atomic E-state index is 12.9. The van der Waals surface area contributed by atoms with Crippen molar-refractivity contribution < 1.29 is 31.8 Å². The first kappa shape index (κ1) is 77.0. The van der Waals surface area contributed by atoms with Crippen LogP contribution in [-0.4, -0.2) is 78.9 Å². The molecule has 0 saturated heterocycles. The highest BCUT2D eigenvalue weighted by molar-refractivity contribution is 5.82. The lowest BCUT2D eigenvalue weighted by atomic mass is 10.0. The summed E-state index contributed by atoms with van der Waals surface area (Å²) in [4.78, 5) is 76.2. The molecule has 118 heavy (non-hydrogen) atoms. The minimum atomic E-state index is -4.38. The second-order valence-electron chi connectivity index (χ2n) is 30.1. The van der Waals surface area contributed by atoms with Crippen LogP contribution in [0.1, 0.15) is 98.1 Å². The largest absolute Gasteiger partial charge is 0.489 e. The van der Waals surface area contributed by atoms with Gasteiger partial charge in [-0.25, -0.2) is 24.3 Å². The summed E-state index contributed by atoms with van der Waals surface area (Å²) in [6.07, 6.45) is 13.6. The maximum absolute atomic E-state index is 12.9. The third-order valence-electron chi connectivity index (χ3n) is 21.9. The van der Waals surface area contributed by atoms with Crippen molar-refractivity contribution in [2.45, 2.75) is 136 Å². The van der Waals surface area contributed by atoms with Gasteiger partial charge in [0.25, 0.3) is 22.2 Å². The van der Waals surface area contributed by atoms with Gasteiger partial charge in [-0.2, -0.15) is 13.2 Å². The van der Waals surface area contributed by atoms with Crippen LogP contribution in [0.5, 0.6) is 17.2 Å². The lowest BCUT2D eigenvalue weighted by Gasteiger charge is -2.30. The molecule has 0 fully saturated rings. The molecule has 4 aliphatic rings. The molecular formula is C93H84F4N14O7. The Morgan fingerprint density at radius 3 is 1.15 bits per heavy atom. The molecule has 9 aromatic heterocycles. The Morgan fingerprint density at radius 2 is 0.771 bits per heavy atom. The van der Waals surface area contributed by atoms with Crippen molar-refractivity contribution in [3.63, 3.8) is 0 Å². The molecular weight excluding hydrogens is 1500 g/mol. The van der Waals surface area contributed by atoms with E-state index in [1.807, 2.05) is 133 Å². The normalized spacial score (nSPS) is 13.8. The molecule has 16 aromatic rings. The molecule has 0 unspecified atom stereocenters. The molecule has 0 N–H and O–H groups in total. The van der Waals surface area contributed by atoms with E-state index in [4.69, 9.17) is 34.1 Å². The fraction of sp³-hybridized carbons (Fsp3) is 0.237. The van der Waals surface area contributed by atoms with Crippen LogP contribution in [0, 0.1) is 5.82 Å². The number of aryl methyl sites for hydroxylation is 6. The zero-order valence-electron chi connectivity index (χ0n) is 65.1. The van der Waals surface area contributed by atoms with Crippen LogP contribution in [-0.2, 0) is 78.0 Å². The number of rotatable bonds is 15. The van der Waals surface area contributed by atoms with Crippen LogP contribution in [0.4, 0.5) is 17.6 Å². The van der Waals surface area contributed by atoms with Gasteiger partial charge in [0.15, 0.2) is 0 Å². The zero-order valence-corrected chi connectivity index (χ0v) is 65.1. The minimum absolute atomic E-state index is 0.117. The molecule has 0 atom stereocenters. The standard InChI is InChI=1S/C25H26N4O2.C23H18F3N3O.C23H21N3O2.C22H19FN4O2/c1-18(2)27-12-13-29-23-9-8-20(14-22(23)26-24(29)16-27)28-11-10-21(15-25(28)30)31-17-19-6-4-3-5-7-19;24-23(25,26)17-6-4-15(5-7-17)16-10-12-28(22(30)13-16)18-8-9-20-19(14-18)27-21-3-1-2-11-29(20)21;27-23-15-19(28-16-17-6-2-1-3-7-17)11-13-25(23)18-9-10-21-20(14-18)24-22-8-4-5-12-26(21)22;23-15-4-5-16(24-13-15)14-29-18-8-10-26(22(28)12-18)17-6-7-20-19(11-17)25-21-3-1-2-9-27(20)21/h3-11,14-15,18H,12-13,16-17H2,1-2H3;4-10,12-14H,1-3,11H2;1-3,6-7,9-11,13-15H,4-5,8,12,16H2;4-8,10-13H,1-3,9,14H2. The van der Waals surface area contributed by atoms with Gasteiger partial charge >= 0.3 is 6.18 Å². The summed E-state index contributed by atoms with van der Waals surface area (Å²) in [5.41, 5.74) is 13.7. The van der Waals surface area contributed by atoms with Gasteiger partial charge in [-0.05, 0) is 196 Å². The van der Waals surface area contributed by atoms with Crippen LogP contribution in [0.15, 0.2) is 269 Å². The molecule has 0 saturated carbocycles. The Morgan fingerprint density at radius 1 is 0.381 bits per heavy atom. The van der Waals surface area contributed by atoms with E-state index in [-0.39, 0.29) is 28.8 Å². The van der Waals surface area contributed by atoms with E-state index < -0.39 is 17.6 Å². The summed E-state index contributed by atoms with van der Waals surface area (Å²) in [5.74, 6) is 5.62. The van der Waals surface area contributed by atoms with Gasteiger partial charge in [0.2, 0.25) is 0 Å². The third kappa shape index (κ3) is 16.9. The van der Waals surface area contributed by atoms with Gasteiger partial charge in [0, 0.05) is 107 Å². The number of hydrogen-bond donors (Lipinski definition) is 0. The number of nitrogens with zero attached hydrogens (tertiary/aromatic N) is 14. The summed E-state index contributed by atoms with van der Waals surface area (Å²) in [6, 6.07) is 64.9. The van der Waals surface area contributed by atoms with Crippen molar-refractivity contribution in [2.24, 2.45) is 0 Å². The highest BCUT2D eigenvalue weighted by atomic mass is 19.4. The summed E-state index contributed by atoms with van der Waals surface area (Å²) < 4.78 is 83.8. The first-order valence-corrected chi connectivity index (χ1v) is 39.8. The fourth-order valence-corrected chi connectivity index (χ4v) is 15.7. The Bertz CT molecular complexity index is 6600. The van der Waals surface area contributed by atoms with Crippen LogP contribution in [0.25, 0.3) is 78.0 Å². The second kappa shape index (κ2) is 33.7. The molecule has 21 nitrogen and oxygen atoms in total. The summed E-state index contributed by atoms with van der Waals surface area (Å²) in [6.45, 7) is 11.3. The third-order valence-corrected chi connectivity index (χ3v) is 21.9. The molecule has 0 bridgehead atoms. The Kier molecular flexibility index (Phi) is 22.0. The molecule has 20 rings (SSSR count). The molecule has 25 heteroatoms. The molecule has 0 radical (unpaired) electrons. The van der Waals surface area contributed by atoms with Gasteiger partial charge in [0.05, 0.1) is 90.9 Å². The Balaban J connectivity index is 0.000000113. The van der Waals surface area contributed by atoms with Crippen molar-refractivity contribution in [3.05, 3.63) is 342 Å². The van der Waals surface area contributed by atoms with E-state index in [2.05, 4.69) is 54.1 Å². The number of ether oxygens (including phenoxy) is 3. The van der Waals surface area contributed by atoms with Crippen LogP contribution >= 0.6 is 0 Å². The number of alkyl halides is 3. The van der Waals surface area contributed by atoms with Crippen LogP contribution < -0.4 is 36.4 Å². The van der Waals surface area contributed by atoms with E-state index in [9.17, 15) is 36.7 Å². The van der Waals surface area contributed by atoms with E-state index in [1.54, 1.807) is 56.7 Å². The maximum Gasteiger partial charge on any atom is 0.416 e. The van der Waals surface area contributed by atoms with E-state index in [0.717, 1.165) is 185 Å². The van der Waals surface area contributed by atoms with Gasteiger partial charge in [-0.1, -0.05) is 72.8 Å². The zero-order chi connectivity index (χ0) is 81.0. The predicted octanol–water partition coefficient (Wildman–Crippen LogP) is 16.9. The number of benzene rings is 7. The molecule has 7 aromatic carbocycles. The van der Waals surface area contributed by atoms with E-state index >= 15 is 0 Å². The average Bonchev–Trinajstić information content (AvgIpc) is 1.80. The smallest absolute Gasteiger partial charge is 0.416 e. The topological polar surface area (TPSA) is 203 Å². The quantitative estimate of drug-likeness (QED) is 0.0878. The van der Waals surface area contributed by atoms with Gasteiger partial charge < -0.3 is 32.5 Å². The molecule has 0 spiro atoms. The average molecular weight is 1590 g/mol. The van der Waals surface area contributed by atoms with E-state index in [1.165, 1.54) is 72.7 Å². The number of imidazole rings is 4. The van der Waals surface area contributed by atoms with Crippen molar-refractivity contribution >= 4 is 44.1 Å². The molecule has 0 amide bonds. The Hall–Kier alpha value is -13.6. The summed E-state index contributed by atoms with van der Waals surface area (Å²) >= 11 is 0. The van der Waals surface area contributed by atoms with Crippen molar-refractivity contribution in [2.75, 3.05) is 6.54 Å². The predicted molar refractivity (Wildman–Crippen MR) is 446 cm³/mol. The molecule has 4 aliphatic heterocycles. The number of halogens is 4. The monoisotopic (exact) mass is 1580 g/mol. The number of hydrogen-bond acceptors (Lipinski definition) is 13. The first-order chi connectivity index (χ1) is 57.4. The summed E-state index contributed by atoms with van der Waals surface area (Å²) in [7, 11) is 0. The van der Waals surface area contributed by atoms with Crippen molar-refractivity contribution in [1.29, 1.82) is 0 Å². The highest BCUT2D eigenvalue weighted by Gasteiger charge is 2.30. The van der Waals surface area contributed by atoms with Gasteiger partial charge in [-0.15, -0.1) is 0 Å². The number of aromatic nitrogens is 13. The van der Waals surface area contributed by atoms with Gasteiger partial charge in [0.1, 0.15) is 66.2 Å². The molecule has 0 aliphatic carbocycles. The summed E-state index contributed by atoms with van der Waals surface area (Å²) in [5, 5.41) is 0. The highest BCUT2D eigenvalue weighted by Crippen LogP contribution is 2.33. The first-order valence-electron chi connectivity index (χ1n) is 39.8. The van der Waals surface area contributed by atoms with Crippen LogP contribution in [0.3, 0.4) is 0 Å². The molecule has 13 heterocycles. The van der Waals surface area contributed by atoms with Gasteiger partial charge in [-0.3, -0.25) is 47.3 Å². The Labute approximate surface area is 675 Å².